The highest BCUT2D eigenvalue weighted by Crippen LogP contribution is 2.34. The van der Waals surface area contributed by atoms with Crippen LogP contribution in [0.3, 0.4) is 0 Å². The summed E-state index contributed by atoms with van der Waals surface area (Å²) in [5.74, 6) is 0. The standard InChI is InChI=1S/C13H6BrN3O2S/c14-9-4-2-1-3-7(9)11-8(5-15)12(19)16-13-17(11)6-10(18)20-13/h1-4H,6H2. The number of aromatic nitrogens is 2. The first-order valence-electron chi connectivity index (χ1n) is 5.62. The summed E-state index contributed by atoms with van der Waals surface area (Å²) >= 11 is 4.33. The smallest absolute Gasteiger partial charge is 0.292 e. The Balaban J connectivity index is 2.42. The number of nitrogens with zero attached hydrogens (tertiary/aromatic N) is 3. The fourth-order valence-corrected chi connectivity index (χ4v) is 3.32. The molecule has 0 amide bonds. The zero-order valence-corrected chi connectivity index (χ0v) is 12.4. The maximum absolute atomic E-state index is 11.9. The van der Waals surface area contributed by atoms with E-state index in [9.17, 15) is 14.9 Å². The van der Waals surface area contributed by atoms with Gasteiger partial charge in [0, 0.05) is 10.0 Å². The summed E-state index contributed by atoms with van der Waals surface area (Å²) < 4.78 is 2.37. The number of halogens is 1. The molecule has 2 aromatic rings. The Morgan fingerprint density at radius 1 is 1.35 bits per heavy atom. The molecule has 1 aromatic heterocycles. The van der Waals surface area contributed by atoms with E-state index in [0.29, 0.717) is 16.4 Å². The first-order chi connectivity index (χ1) is 9.61. The van der Waals surface area contributed by atoms with E-state index in [4.69, 9.17) is 0 Å². The Kier molecular flexibility index (Phi) is 3.20. The minimum atomic E-state index is -0.605. The van der Waals surface area contributed by atoms with Crippen molar-refractivity contribution >= 4 is 32.8 Å². The van der Waals surface area contributed by atoms with Crippen LogP contribution in [0.25, 0.3) is 11.3 Å². The summed E-state index contributed by atoms with van der Waals surface area (Å²) in [5, 5.41) is 9.48. The van der Waals surface area contributed by atoms with Crippen molar-refractivity contribution in [1.82, 2.24) is 9.55 Å². The van der Waals surface area contributed by atoms with Gasteiger partial charge in [-0.1, -0.05) is 34.1 Å². The second kappa shape index (κ2) is 4.89. The highest BCUT2D eigenvalue weighted by molar-refractivity contribution is 9.10. The molecule has 20 heavy (non-hydrogen) atoms. The number of carbonyl (C=O) groups is 1. The van der Waals surface area contributed by atoms with Crippen LogP contribution in [0.2, 0.25) is 0 Å². The third-order valence-corrected chi connectivity index (χ3v) is 4.42. The van der Waals surface area contributed by atoms with Gasteiger partial charge in [0.25, 0.3) is 5.56 Å². The van der Waals surface area contributed by atoms with Gasteiger partial charge in [0.15, 0.2) is 5.16 Å². The Labute approximate surface area is 126 Å². The fourth-order valence-electron chi connectivity index (χ4n) is 2.06. The van der Waals surface area contributed by atoms with Crippen molar-refractivity contribution < 1.29 is 4.79 Å². The first kappa shape index (κ1) is 13.1. The Morgan fingerprint density at radius 2 is 2.10 bits per heavy atom. The highest BCUT2D eigenvalue weighted by atomic mass is 79.9. The van der Waals surface area contributed by atoms with Crippen LogP contribution in [0.5, 0.6) is 0 Å². The van der Waals surface area contributed by atoms with E-state index < -0.39 is 5.56 Å². The SMILES string of the molecule is N#Cc1c(-c2ccccc2Br)n2c(nc1=O)SC(=O)C2. The molecule has 2 heterocycles. The number of carbonyl (C=O) groups excluding carboxylic acids is 1. The van der Waals surface area contributed by atoms with Crippen LogP contribution in [0.4, 0.5) is 0 Å². The molecule has 7 heteroatoms. The van der Waals surface area contributed by atoms with E-state index in [0.717, 1.165) is 16.2 Å². The van der Waals surface area contributed by atoms with Crippen LogP contribution >= 0.6 is 27.7 Å². The highest BCUT2D eigenvalue weighted by Gasteiger charge is 2.27. The van der Waals surface area contributed by atoms with E-state index in [1.54, 1.807) is 10.6 Å². The molecule has 0 aliphatic carbocycles. The van der Waals surface area contributed by atoms with Crippen molar-refractivity contribution in [2.75, 3.05) is 0 Å². The molecule has 1 aliphatic rings. The number of hydrogen-bond acceptors (Lipinski definition) is 5. The second-order valence-corrected chi connectivity index (χ2v) is 5.95. The third kappa shape index (κ3) is 1.97. The topological polar surface area (TPSA) is 75.8 Å². The van der Waals surface area contributed by atoms with Crippen molar-refractivity contribution in [1.29, 1.82) is 5.26 Å². The van der Waals surface area contributed by atoms with Crippen molar-refractivity contribution in [3.63, 3.8) is 0 Å². The average molecular weight is 348 g/mol. The molecule has 1 aliphatic heterocycles. The lowest BCUT2D eigenvalue weighted by molar-refractivity contribution is -0.111. The molecule has 0 atom stereocenters. The van der Waals surface area contributed by atoms with E-state index in [1.165, 1.54) is 0 Å². The molecule has 0 saturated heterocycles. The van der Waals surface area contributed by atoms with Gasteiger partial charge >= 0.3 is 0 Å². The van der Waals surface area contributed by atoms with Gasteiger partial charge < -0.3 is 4.57 Å². The van der Waals surface area contributed by atoms with Crippen molar-refractivity contribution in [2.45, 2.75) is 11.7 Å². The van der Waals surface area contributed by atoms with E-state index in [2.05, 4.69) is 20.9 Å². The second-order valence-electron chi connectivity index (χ2n) is 4.08. The minimum Gasteiger partial charge on any atom is -0.310 e. The summed E-state index contributed by atoms with van der Waals surface area (Å²) in [6.07, 6.45) is 0. The fraction of sp³-hybridized carbons (Fsp3) is 0.0769. The number of rotatable bonds is 1. The molecule has 0 unspecified atom stereocenters. The molecule has 3 rings (SSSR count). The summed E-state index contributed by atoms with van der Waals surface area (Å²) in [5.41, 5.74) is 0.482. The summed E-state index contributed by atoms with van der Waals surface area (Å²) in [4.78, 5) is 27.3. The third-order valence-electron chi connectivity index (χ3n) is 2.88. The maximum Gasteiger partial charge on any atom is 0.292 e. The van der Waals surface area contributed by atoms with Gasteiger partial charge in [0.1, 0.15) is 11.6 Å². The van der Waals surface area contributed by atoms with E-state index in [-0.39, 0.29) is 17.2 Å². The molecule has 0 radical (unpaired) electrons. The van der Waals surface area contributed by atoms with E-state index in [1.807, 2.05) is 24.3 Å². The number of thioether (sulfide) groups is 1. The zero-order chi connectivity index (χ0) is 14.3. The molecular weight excluding hydrogens is 342 g/mol. The molecule has 0 bridgehead atoms. The minimum absolute atomic E-state index is 0.0454. The van der Waals surface area contributed by atoms with Crippen molar-refractivity contribution in [3.05, 3.63) is 44.7 Å². The van der Waals surface area contributed by atoms with Crippen molar-refractivity contribution in [3.8, 4) is 17.3 Å². The van der Waals surface area contributed by atoms with E-state index >= 15 is 0 Å². The number of fused-ring (bicyclic) bond motifs is 1. The molecule has 0 N–H and O–H groups in total. The number of nitriles is 1. The summed E-state index contributed by atoms with van der Waals surface area (Å²) in [6.45, 7) is 0.110. The van der Waals surface area contributed by atoms with Crippen LogP contribution < -0.4 is 5.56 Å². The number of benzene rings is 1. The lowest BCUT2D eigenvalue weighted by atomic mass is 10.1. The van der Waals surface area contributed by atoms with Crippen molar-refractivity contribution in [2.24, 2.45) is 0 Å². The zero-order valence-electron chi connectivity index (χ0n) is 9.96. The Hall–Kier alpha value is -1.91. The monoisotopic (exact) mass is 347 g/mol. The van der Waals surface area contributed by atoms with Crippen LogP contribution in [0, 0.1) is 11.3 Å². The van der Waals surface area contributed by atoms with Crippen LogP contribution in [-0.2, 0) is 11.3 Å². The lowest BCUT2D eigenvalue weighted by Crippen LogP contribution is -2.19. The maximum atomic E-state index is 11.9. The van der Waals surface area contributed by atoms with Gasteiger partial charge in [-0.3, -0.25) is 9.59 Å². The number of hydrogen-bond donors (Lipinski definition) is 0. The van der Waals surface area contributed by atoms with Gasteiger partial charge in [0.05, 0.1) is 12.2 Å². The normalized spacial score (nSPS) is 13.1. The van der Waals surface area contributed by atoms with Gasteiger partial charge in [-0.25, -0.2) is 0 Å². The van der Waals surface area contributed by atoms with Crippen LogP contribution in [0.1, 0.15) is 5.56 Å². The first-order valence-corrected chi connectivity index (χ1v) is 7.23. The van der Waals surface area contributed by atoms with Crippen LogP contribution in [-0.4, -0.2) is 14.7 Å². The molecule has 98 valence electrons. The predicted octanol–water partition coefficient (Wildman–Crippen LogP) is 2.18. The lowest BCUT2D eigenvalue weighted by Gasteiger charge is -2.12. The van der Waals surface area contributed by atoms with Gasteiger partial charge in [-0.05, 0) is 17.8 Å². The van der Waals surface area contributed by atoms with Gasteiger partial charge in [-0.15, -0.1) is 0 Å². The Morgan fingerprint density at radius 3 is 2.80 bits per heavy atom. The summed E-state index contributed by atoms with van der Waals surface area (Å²) in [6, 6.07) is 9.15. The summed E-state index contributed by atoms with van der Waals surface area (Å²) in [7, 11) is 0. The quantitative estimate of drug-likeness (QED) is 0.739. The molecule has 0 fully saturated rings. The Bertz CT molecular complexity index is 838. The largest absolute Gasteiger partial charge is 0.310 e. The molecular formula is C13H6BrN3O2S. The molecule has 1 aromatic carbocycles. The average Bonchev–Trinajstić information content (AvgIpc) is 2.78. The van der Waals surface area contributed by atoms with Gasteiger partial charge in [-0.2, -0.15) is 10.2 Å². The molecule has 0 spiro atoms. The van der Waals surface area contributed by atoms with Crippen LogP contribution in [0.15, 0.2) is 38.7 Å². The predicted molar refractivity (Wildman–Crippen MR) is 77.2 cm³/mol. The molecule has 0 saturated carbocycles. The van der Waals surface area contributed by atoms with Gasteiger partial charge in [0.2, 0.25) is 5.12 Å². The molecule has 5 nitrogen and oxygen atoms in total.